The van der Waals surface area contributed by atoms with E-state index in [4.69, 9.17) is 14.3 Å². The lowest BCUT2D eigenvalue weighted by atomic mass is 10.2. The summed E-state index contributed by atoms with van der Waals surface area (Å²) in [6.45, 7) is 2.51. The molecule has 0 unspecified atom stereocenters. The number of methoxy groups -OCH3 is 2. The number of carbonyl (C=O) groups excluding carboxylic acids is 1. The molecule has 0 heterocycles. The van der Waals surface area contributed by atoms with Gasteiger partial charge in [0.15, 0.2) is 18.1 Å². The number of para-hydroxylation sites is 1. The summed E-state index contributed by atoms with van der Waals surface area (Å²) in [4.78, 5) is 16.2. The van der Waals surface area contributed by atoms with Crippen molar-refractivity contribution in [1.29, 1.82) is 0 Å². The first-order valence-corrected chi connectivity index (χ1v) is 6.36. The maximum Gasteiger partial charge on any atom is 0.260 e. The smallest absolute Gasteiger partial charge is 0.260 e. The van der Waals surface area contributed by atoms with Gasteiger partial charge in [0.05, 0.1) is 20.4 Å². The van der Waals surface area contributed by atoms with Crippen molar-refractivity contribution in [2.24, 2.45) is 5.16 Å². The molecule has 6 nitrogen and oxygen atoms in total. The van der Waals surface area contributed by atoms with Crippen LogP contribution in [0.4, 0.5) is 0 Å². The summed E-state index contributed by atoms with van der Waals surface area (Å²) in [5.74, 6) is 0.983. The zero-order valence-corrected chi connectivity index (χ0v) is 12.0. The third-order valence-corrected chi connectivity index (χ3v) is 2.47. The van der Waals surface area contributed by atoms with Gasteiger partial charge in [-0.1, -0.05) is 18.1 Å². The molecule has 0 aromatic heterocycles. The van der Waals surface area contributed by atoms with E-state index in [1.165, 1.54) is 6.21 Å². The number of benzene rings is 1. The topological polar surface area (TPSA) is 69.2 Å². The van der Waals surface area contributed by atoms with Crippen LogP contribution in [0, 0.1) is 0 Å². The van der Waals surface area contributed by atoms with Crippen molar-refractivity contribution < 1.29 is 19.1 Å². The quantitative estimate of drug-likeness (QED) is 0.580. The molecule has 1 aromatic rings. The van der Waals surface area contributed by atoms with E-state index in [-0.39, 0.29) is 12.5 Å². The molecule has 0 bridgehead atoms. The first kappa shape index (κ1) is 15.8. The molecule has 1 aromatic carbocycles. The van der Waals surface area contributed by atoms with Gasteiger partial charge >= 0.3 is 0 Å². The Morgan fingerprint density at radius 3 is 2.80 bits per heavy atom. The molecule has 6 heteroatoms. The standard InChI is InChI=1S/C14H20N2O4/c1-4-8-15-13(17)10-20-16-9-11-6-5-7-12(18-2)14(11)19-3/h5-7,9H,4,8,10H2,1-3H3,(H,15,17)/b16-9+. The molecule has 0 aliphatic carbocycles. The second-order valence-corrected chi connectivity index (χ2v) is 3.94. The van der Waals surface area contributed by atoms with E-state index in [9.17, 15) is 4.79 Å². The Hall–Kier alpha value is -2.24. The highest BCUT2D eigenvalue weighted by molar-refractivity contribution is 5.84. The SMILES string of the molecule is CCCNC(=O)CO/N=C/c1cccc(OC)c1OC. The molecule has 0 fully saturated rings. The minimum absolute atomic E-state index is 0.108. The average molecular weight is 280 g/mol. The number of nitrogens with zero attached hydrogens (tertiary/aromatic N) is 1. The highest BCUT2D eigenvalue weighted by Gasteiger charge is 2.07. The molecule has 0 aliphatic rings. The Morgan fingerprint density at radius 1 is 1.35 bits per heavy atom. The Labute approximate surface area is 118 Å². The van der Waals surface area contributed by atoms with Crippen molar-refractivity contribution >= 4 is 12.1 Å². The van der Waals surface area contributed by atoms with E-state index in [2.05, 4.69) is 10.5 Å². The van der Waals surface area contributed by atoms with Gasteiger partial charge in [-0.25, -0.2) is 0 Å². The second-order valence-electron chi connectivity index (χ2n) is 3.94. The van der Waals surface area contributed by atoms with E-state index >= 15 is 0 Å². The molecule has 110 valence electrons. The first-order valence-electron chi connectivity index (χ1n) is 6.36. The van der Waals surface area contributed by atoms with Crippen molar-refractivity contribution in [1.82, 2.24) is 5.32 Å². The summed E-state index contributed by atoms with van der Waals surface area (Å²) in [6.07, 6.45) is 2.37. The van der Waals surface area contributed by atoms with E-state index in [1.807, 2.05) is 19.1 Å². The Kier molecular flexibility index (Phi) is 6.95. The number of ether oxygens (including phenoxy) is 2. The molecule has 0 saturated heterocycles. The molecule has 0 radical (unpaired) electrons. The zero-order chi connectivity index (χ0) is 14.8. The van der Waals surface area contributed by atoms with Crippen LogP contribution in [0.3, 0.4) is 0 Å². The highest BCUT2D eigenvalue weighted by Crippen LogP contribution is 2.29. The zero-order valence-electron chi connectivity index (χ0n) is 12.0. The van der Waals surface area contributed by atoms with Gasteiger partial charge in [0.25, 0.3) is 5.91 Å². The Balaban J connectivity index is 2.56. The number of hydrogen-bond acceptors (Lipinski definition) is 5. The Morgan fingerprint density at radius 2 is 2.15 bits per heavy atom. The lowest BCUT2D eigenvalue weighted by Gasteiger charge is -2.09. The van der Waals surface area contributed by atoms with E-state index < -0.39 is 0 Å². The minimum atomic E-state index is -0.193. The maximum absolute atomic E-state index is 11.3. The van der Waals surface area contributed by atoms with Crippen LogP contribution in [0.25, 0.3) is 0 Å². The molecule has 0 spiro atoms. The van der Waals surface area contributed by atoms with Crippen molar-refractivity contribution in [3.63, 3.8) is 0 Å². The third-order valence-electron chi connectivity index (χ3n) is 2.47. The van der Waals surface area contributed by atoms with Gasteiger partial charge in [-0.15, -0.1) is 0 Å². The third kappa shape index (κ3) is 4.79. The Bertz CT molecular complexity index is 460. The van der Waals surface area contributed by atoms with Crippen LogP contribution in [0.5, 0.6) is 11.5 Å². The summed E-state index contributed by atoms with van der Waals surface area (Å²) in [5, 5.41) is 6.44. The normalized spacial score (nSPS) is 10.3. The van der Waals surface area contributed by atoms with Crippen LogP contribution in [-0.4, -0.2) is 39.5 Å². The number of carbonyl (C=O) groups is 1. The van der Waals surface area contributed by atoms with Gasteiger partial charge in [-0.3, -0.25) is 4.79 Å². The first-order chi connectivity index (χ1) is 9.72. The molecule has 20 heavy (non-hydrogen) atoms. The molecular weight excluding hydrogens is 260 g/mol. The monoisotopic (exact) mass is 280 g/mol. The lowest BCUT2D eigenvalue weighted by Crippen LogP contribution is -2.27. The van der Waals surface area contributed by atoms with Gasteiger partial charge in [-0.05, 0) is 18.6 Å². The average Bonchev–Trinajstić information content (AvgIpc) is 2.48. The molecular formula is C14H20N2O4. The number of hydrogen-bond donors (Lipinski definition) is 1. The molecule has 1 N–H and O–H groups in total. The van der Waals surface area contributed by atoms with Crippen molar-refractivity contribution in [2.75, 3.05) is 27.4 Å². The van der Waals surface area contributed by atoms with Gasteiger partial charge in [-0.2, -0.15) is 0 Å². The van der Waals surface area contributed by atoms with Gasteiger partial charge in [0.1, 0.15) is 0 Å². The van der Waals surface area contributed by atoms with E-state index in [1.54, 1.807) is 20.3 Å². The minimum Gasteiger partial charge on any atom is -0.493 e. The van der Waals surface area contributed by atoms with Crippen molar-refractivity contribution in [2.45, 2.75) is 13.3 Å². The van der Waals surface area contributed by atoms with Crippen molar-refractivity contribution in [3.05, 3.63) is 23.8 Å². The summed E-state index contributed by atoms with van der Waals surface area (Å²) in [6, 6.07) is 5.41. The number of rotatable bonds is 8. The molecule has 0 saturated carbocycles. The van der Waals surface area contributed by atoms with Crippen LogP contribution >= 0.6 is 0 Å². The maximum atomic E-state index is 11.3. The molecule has 1 amide bonds. The lowest BCUT2D eigenvalue weighted by molar-refractivity contribution is -0.125. The fraction of sp³-hybridized carbons (Fsp3) is 0.429. The largest absolute Gasteiger partial charge is 0.493 e. The van der Waals surface area contributed by atoms with Gasteiger partial charge in [0, 0.05) is 12.1 Å². The summed E-state index contributed by atoms with van der Waals surface area (Å²) >= 11 is 0. The second kappa shape index (κ2) is 8.79. The predicted molar refractivity (Wildman–Crippen MR) is 76.4 cm³/mol. The van der Waals surface area contributed by atoms with Gasteiger partial charge < -0.3 is 19.6 Å². The number of amides is 1. The fourth-order valence-electron chi connectivity index (χ4n) is 1.52. The van der Waals surface area contributed by atoms with E-state index in [0.717, 1.165) is 6.42 Å². The number of nitrogens with one attached hydrogen (secondary N) is 1. The molecule has 0 atom stereocenters. The van der Waals surface area contributed by atoms with Crippen LogP contribution in [0.2, 0.25) is 0 Å². The predicted octanol–water partition coefficient (Wildman–Crippen LogP) is 1.58. The summed E-state index contributed by atoms with van der Waals surface area (Å²) in [7, 11) is 3.11. The highest BCUT2D eigenvalue weighted by atomic mass is 16.6. The van der Waals surface area contributed by atoms with Crippen LogP contribution < -0.4 is 14.8 Å². The summed E-state index contributed by atoms with van der Waals surface area (Å²) < 4.78 is 10.4. The van der Waals surface area contributed by atoms with Crippen molar-refractivity contribution in [3.8, 4) is 11.5 Å². The van der Waals surface area contributed by atoms with Crippen LogP contribution in [0.1, 0.15) is 18.9 Å². The molecule has 1 rings (SSSR count). The fourth-order valence-corrected chi connectivity index (χ4v) is 1.52. The van der Waals surface area contributed by atoms with Crippen LogP contribution in [-0.2, 0) is 9.63 Å². The summed E-state index contributed by atoms with van der Waals surface area (Å²) in [5.41, 5.74) is 0.709. The van der Waals surface area contributed by atoms with E-state index in [0.29, 0.717) is 23.6 Å². The number of oxime groups is 1. The van der Waals surface area contributed by atoms with Gasteiger partial charge in [0.2, 0.25) is 0 Å². The van der Waals surface area contributed by atoms with Crippen LogP contribution in [0.15, 0.2) is 23.4 Å². The molecule has 0 aliphatic heterocycles.